The molecule has 1 aliphatic rings. The summed E-state index contributed by atoms with van der Waals surface area (Å²) in [5, 5.41) is 19.5. The van der Waals surface area contributed by atoms with E-state index < -0.39 is 5.60 Å². The van der Waals surface area contributed by atoms with E-state index in [4.69, 9.17) is 0 Å². The van der Waals surface area contributed by atoms with Gasteiger partial charge in [0.05, 0.1) is 5.60 Å². The number of aromatic amines is 1. The SMILES string of the molecule is CCc1nc(C(=O)NCC2(O)CCCCC2)n[nH]1. The van der Waals surface area contributed by atoms with E-state index in [0.29, 0.717) is 12.2 Å². The molecule has 3 N–H and O–H groups in total. The largest absolute Gasteiger partial charge is 0.388 e. The molecule has 0 bridgehead atoms. The first-order valence-corrected chi connectivity index (χ1v) is 6.55. The molecule has 1 heterocycles. The molecule has 6 nitrogen and oxygen atoms in total. The Bertz CT molecular complexity index is 410. The van der Waals surface area contributed by atoms with E-state index in [1.807, 2.05) is 6.92 Å². The second kappa shape index (κ2) is 5.48. The Hall–Kier alpha value is -1.43. The maximum Gasteiger partial charge on any atom is 0.291 e. The minimum Gasteiger partial charge on any atom is -0.388 e. The van der Waals surface area contributed by atoms with Crippen LogP contribution in [0.25, 0.3) is 0 Å². The molecule has 1 amide bonds. The summed E-state index contributed by atoms with van der Waals surface area (Å²) in [5.41, 5.74) is -0.752. The van der Waals surface area contributed by atoms with Crippen molar-refractivity contribution >= 4 is 5.91 Å². The summed E-state index contributed by atoms with van der Waals surface area (Å²) in [6.45, 7) is 2.22. The molecule has 18 heavy (non-hydrogen) atoms. The number of hydrogen-bond donors (Lipinski definition) is 3. The number of rotatable bonds is 4. The fraction of sp³-hybridized carbons (Fsp3) is 0.750. The lowest BCUT2D eigenvalue weighted by Crippen LogP contribution is -2.44. The summed E-state index contributed by atoms with van der Waals surface area (Å²) in [7, 11) is 0. The van der Waals surface area contributed by atoms with E-state index in [0.717, 1.165) is 32.1 Å². The molecule has 1 saturated carbocycles. The number of aryl methyl sites for hydroxylation is 1. The molecule has 0 aromatic carbocycles. The topological polar surface area (TPSA) is 90.9 Å². The number of carbonyl (C=O) groups excluding carboxylic acids is 1. The van der Waals surface area contributed by atoms with Gasteiger partial charge >= 0.3 is 0 Å². The molecule has 1 aromatic rings. The van der Waals surface area contributed by atoms with Gasteiger partial charge in [-0.05, 0) is 12.8 Å². The quantitative estimate of drug-likeness (QED) is 0.739. The van der Waals surface area contributed by atoms with E-state index in [2.05, 4.69) is 20.5 Å². The van der Waals surface area contributed by atoms with Crippen LogP contribution in [-0.4, -0.2) is 38.3 Å². The van der Waals surface area contributed by atoms with Crippen LogP contribution in [0.5, 0.6) is 0 Å². The summed E-state index contributed by atoms with van der Waals surface area (Å²) >= 11 is 0. The zero-order valence-corrected chi connectivity index (χ0v) is 10.7. The number of nitrogens with zero attached hydrogens (tertiary/aromatic N) is 2. The van der Waals surface area contributed by atoms with Crippen molar-refractivity contribution in [1.82, 2.24) is 20.5 Å². The highest BCUT2D eigenvalue weighted by atomic mass is 16.3. The van der Waals surface area contributed by atoms with Crippen LogP contribution in [0.15, 0.2) is 0 Å². The number of aliphatic hydroxyl groups is 1. The third kappa shape index (κ3) is 3.07. The van der Waals surface area contributed by atoms with Gasteiger partial charge in [-0.25, -0.2) is 4.98 Å². The van der Waals surface area contributed by atoms with Crippen molar-refractivity contribution in [2.24, 2.45) is 0 Å². The maximum atomic E-state index is 11.8. The van der Waals surface area contributed by atoms with E-state index in [-0.39, 0.29) is 18.3 Å². The van der Waals surface area contributed by atoms with Crippen molar-refractivity contribution in [3.63, 3.8) is 0 Å². The van der Waals surface area contributed by atoms with Gasteiger partial charge in [-0.2, -0.15) is 0 Å². The summed E-state index contributed by atoms with van der Waals surface area (Å²) < 4.78 is 0. The van der Waals surface area contributed by atoms with Crippen LogP contribution in [0.1, 0.15) is 55.5 Å². The van der Waals surface area contributed by atoms with Crippen LogP contribution in [-0.2, 0) is 6.42 Å². The maximum absolute atomic E-state index is 11.8. The molecule has 0 unspecified atom stereocenters. The first kappa shape index (κ1) is 13.0. The van der Waals surface area contributed by atoms with Crippen molar-refractivity contribution < 1.29 is 9.90 Å². The van der Waals surface area contributed by atoms with E-state index >= 15 is 0 Å². The standard InChI is InChI=1S/C12H20N4O2/c1-2-9-14-10(16-15-9)11(17)13-8-12(18)6-4-3-5-7-12/h18H,2-8H2,1H3,(H,13,17)(H,14,15,16). The van der Waals surface area contributed by atoms with Gasteiger partial charge < -0.3 is 10.4 Å². The summed E-state index contributed by atoms with van der Waals surface area (Å²) in [4.78, 5) is 15.8. The average Bonchev–Trinajstić information content (AvgIpc) is 2.86. The molecular formula is C12H20N4O2. The van der Waals surface area contributed by atoms with Gasteiger partial charge in [0, 0.05) is 13.0 Å². The lowest BCUT2D eigenvalue weighted by molar-refractivity contribution is 0.00516. The fourth-order valence-corrected chi connectivity index (χ4v) is 2.27. The predicted molar refractivity (Wildman–Crippen MR) is 66.1 cm³/mol. The molecule has 1 aromatic heterocycles. The Balaban J connectivity index is 1.87. The lowest BCUT2D eigenvalue weighted by atomic mass is 9.85. The zero-order valence-electron chi connectivity index (χ0n) is 10.7. The van der Waals surface area contributed by atoms with Crippen molar-refractivity contribution in [2.75, 3.05) is 6.54 Å². The number of amides is 1. The number of aromatic nitrogens is 3. The highest BCUT2D eigenvalue weighted by Gasteiger charge is 2.29. The molecule has 0 spiro atoms. The summed E-state index contributed by atoms with van der Waals surface area (Å²) in [6.07, 6.45) is 5.42. The number of H-pyrrole nitrogens is 1. The summed E-state index contributed by atoms with van der Waals surface area (Å²) in [6, 6.07) is 0. The van der Waals surface area contributed by atoms with Crippen LogP contribution in [0.4, 0.5) is 0 Å². The molecule has 1 aliphatic carbocycles. The van der Waals surface area contributed by atoms with Gasteiger partial charge in [-0.3, -0.25) is 9.89 Å². The smallest absolute Gasteiger partial charge is 0.291 e. The average molecular weight is 252 g/mol. The number of hydrogen-bond acceptors (Lipinski definition) is 4. The Labute approximate surface area is 106 Å². The van der Waals surface area contributed by atoms with Crippen LogP contribution >= 0.6 is 0 Å². The van der Waals surface area contributed by atoms with E-state index in [1.165, 1.54) is 0 Å². The van der Waals surface area contributed by atoms with Gasteiger partial charge in [-0.15, -0.1) is 5.10 Å². The number of carbonyl (C=O) groups is 1. The Morgan fingerprint density at radius 3 is 2.78 bits per heavy atom. The second-order valence-electron chi connectivity index (χ2n) is 4.93. The number of nitrogens with one attached hydrogen (secondary N) is 2. The predicted octanol–water partition coefficient (Wildman–Crippen LogP) is 0.792. The van der Waals surface area contributed by atoms with Gasteiger partial charge in [0.15, 0.2) is 0 Å². The molecule has 100 valence electrons. The first-order valence-electron chi connectivity index (χ1n) is 6.55. The van der Waals surface area contributed by atoms with Crippen molar-refractivity contribution in [3.05, 3.63) is 11.6 Å². The van der Waals surface area contributed by atoms with Gasteiger partial charge in [0.1, 0.15) is 5.82 Å². The molecule has 6 heteroatoms. The summed E-state index contributed by atoms with van der Waals surface area (Å²) in [5.74, 6) is 0.507. The highest BCUT2D eigenvalue weighted by molar-refractivity contribution is 5.90. The van der Waals surface area contributed by atoms with Crippen molar-refractivity contribution in [1.29, 1.82) is 0 Å². The molecule has 0 atom stereocenters. The minimum atomic E-state index is -0.752. The highest BCUT2D eigenvalue weighted by Crippen LogP contribution is 2.27. The fourth-order valence-electron chi connectivity index (χ4n) is 2.27. The Morgan fingerprint density at radius 1 is 1.44 bits per heavy atom. The molecule has 1 fully saturated rings. The van der Waals surface area contributed by atoms with Gasteiger partial charge in [0.2, 0.25) is 5.82 Å². The molecule has 0 saturated heterocycles. The third-order valence-corrected chi connectivity index (χ3v) is 3.43. The van der Waals surface area contributed by atoms with E-state index in [9.17, 15) is 9.90 Å². The minimum absolute atomic E-state index is 0.145. The molecule has 0 radical (unpaired) electrons. The van der Waals surface area contributed by atoms with Crippen molar-refractivity contribution in [3.8, 4) is 0 Å². The monoisotopic (exact) mass is 252 g/mol. The van der Waals surface area contributed by atoms with Crippen LogP contribution in [0, 0.1) is 0 Å². The second-order valence-corrected chi connectivity index (χ2v) is 4.93. The molecule has 0 aliphatic heterocycles. The van der Waals surface area contributed by atoms with Crippen LogP contribution in [0.3, 0.4) is 0 Å². The van der Waals surface area contributed by atoms with Crippen LogP contribution < -0.4 is 5.32 Å². The van der Waals surface area contributed by atoms with Crippen molar-refractivity contribution in [2.45, 2.75) is 51.0 Å². The van der Waals surface area contributed by atoms with Crippen LogP contribution in [0.2, 0.25) is 0 Å². The first-order chi connectivity index (χ1) is 8.63. The molecular weight excluding hydrogens is 232 g/mol. The third-order valence-electron chi connectivity index (χ3n) is 3.43. The Morgan fingerprint density at radius 2 is 2.17 bits per heavy atom. The lowest BCUT2D eigenvalue weighted by Gasteiger charge is -2.31. The zero-order chi connectivity index (χ0) is 13.0. The van der Waals surface area contributed by atoms with E-state index in [1.54, 1.807) is 0 Å². The van der Waals surface area contributed by atoms with Gasteiger partial charge in [-0.1, -0.05) is 26.2 Å². The molecule has 2 rings (SSSR count). The van der Waals surface area contributed by atoms with Gasteiger partial charge in [0.25, 0.3) is 5.91 Å². The normalized spacial score (nSPS) is 18.6. The Kier molecular flexibility index (Phi) is 3.96.